The van der Waals surface area contributed by atoms with Gasteiger partial charge in [-0.3, -0.25) is 4.79 Å². The number of carbonyl (C=O) groups excluding carboxylic acids is 1. The van der Waals surface area contributed by atoms with E-state index in [0.29, 0.717) is 11.1 Å². The molecule has 0 saturated heterocycles. The van der Waals surface area contributed by atoms with Crippen LogP contribution in [0.25, 0.3) is 22.5 Å². The summed E-state index contributed by atoms with van der Waals surface area (Å²) in [6, 6.07) is 23.3. The van der Waals surface area contributed by atoms with Crippen LogP contribution < -0.4 is 0 Å². The van der Waals surface area contributed by atoms with E-state index in [1.54, 1.807) is 0 Å². The van der Waals surface area contributed by atoms with Crippen molar-refractivity contribution in [1.82, 2.24) is 9.97 Å². The first-order valence-electron chi connectivity index (χ1n) is 7.83. The van der Waals surface area contributed by atoms with E-state index in [9.17, 15) is 4.79 Å². The Morgan fingerprint density at radius 2 is 1.00 bits per heavy atom. The summed E-state index contributed by atoms with van der Waals surface area (Å²) in [6.45, 7) is 0. The van der Waals surface area contributed by atoms with Gasteiger partial charge in [0.15, 0.2) is 5.78 Å². The number of rotatable bonds is 4. The van der Waals surface area contributed by atoms with Crippen LogP contribution in [0.15, 0.2) is 85.2 Å². The zero-order valence-corrected chi connectivity index (χ0v) is 13.0. The average molecular weight is 312 g/mol. The molecule has 2 aromatic carbocycles. The molecular weight excluding hydrogens is 296 g/mol. The Hall–Kier alpha value is -3.33. The fourth-order valence-corrected chi connectivity index (χ4v) is 2.79. The molecule has 4 aromatic rings. The van der Waals surface area contributed by atoms with Crippen LogP contribution in [0.3, 0.4) is 0 Å². The van der Waals surface area contributed by atoms with Gasteiger partial charge in [-0.05, 0) is 35.4 Å². The largest absolute Gasteiger partial charge is 0.361 e. The van der Waals surface area contributed by atoms with Crippen LogP contribution in [0.1, 0.15) is 15.9 Å². The van der Waals surface area contributed by atoms with E-state index in [2.05, 4.69) is 9.97 Å². The maximum Gasteiger partial charge on any atom is 0.193 e. The Labute approximate surface area is 140 Å². The first kappa shape index (κ1) is 14.3. The summed E-state index contributed by atoms with van der Waals surface area (Å²) in [5, 5.41) is 0. The van der Waals surface area contributed by atoms with E-state index in [4.69, 9.17) is 0 Å². The van der Waals surface area contributed by atoms with Crippen LogP contribution in [0.5, 0.6) is 0 Å². The second-order valence-corrected chi connectivity index (χ2v) is 5.65. The number of carbonyl (C=O) groups is 1. The van der Waals surface area contributed by atoms with Gasteiger partial charge in [-0.15, -0.1) is 0 Å². The molecule has 3 nitrogen and oxygen atoms in total. The minimum atomic E-state index is 0.0334. The summed E-state index contributed by atoms with van der Waals surface area (Å²) in [7, 11) is 0. The van der Waals surface area contributed by atoms with Gasteiger partial charge in [0.05, 0.1) is 0 Å². The van der Waals surface area contributed by atoms with E-state index in [0.717, 1.165) is 22.5 Å². The van der Waals surface area contributed by atoms with E-state index in [-0.39, 0.29) is 5.78 Å². The molecule has 0 fully saturated rings. The van der Waals surface area contributed by atoms with Crippen molar-refractivity contribution in [3.63, 3.8) is 0 Å². The monoisotopic (exact) mass is 312 g/mol. The van der Waals surface area contributed by atoms with E-state index < -0.39 is 0 Å². The van der Waals surface area contributed by atoms with Crippen molar-refractivity contribution in [3.8, 4) is 22.5 Å². The molecule has 0 radical (unpaired) electrons. The number of aromatic nitrogens is 2. The average Bonchev–Trinajstić information content (AvgIpc) is 3.35. The fraction of sp³-hybridized carbons (Fsp3) is 0. The zero-order chi connectivity index (χ0) is 16.4. The molecule has 24 heavy (non-hydrogen) atoms. The predicted octanol–water partition coefficient (Wildman–Crippen LogP) is 4.91. The summed E-state index contributed by atoms with van der Waals surface area (Å²) >= 11 is 0. The summed E-state index contributed by atoms with van der Waals surface area (Å²) < 4.78 is 0. The van der Waals surface area contributed by atoms with Crippen molar-refractivity contribution in [2.24, 2.45) is 0 Å². The Kier molecular flexibility index (Phi) is 3.60. The van der Waals surface area contributed by atoms with Gasteiger partial charge in [-0.1, -0.05) is 48.5 Å². The molecule has 0 bridgehead atoms. The number of ketones is 1. The molecule has 0 aliphatic carbocycles. The van der Waals surface area contributed by atoms with Crippen LogP contribution in [0.4, 0.5) is 0 Å². The van der Waals surface area contributed by atoms with Crippen molar-refractivity contribution in [2.45, 2.75) is 0 Å². The third kappa shape index (κ3) is 2.68. The summed E-state index contributed by atoms with van der Waals surface area (Å²) in [5.41, 5.74) is 5.61. The van der Waals surface area contributed by atoms with Crippen LogP contribution in [0.2, 0.25) is 0 Å². The van der Waals surface area contributed by atoms with E-state index in [1.165, 1.54) is 0 Å². The van der Waals surface area contributed by atoms with Crippen LogP contribution >= 0.6 is 0 Å². The van der Waals surface area contributed by atoms with Gasteiger partial charge in [0.2, 0.25) is 0 Å². The quantitative estimate of drug-likeness (QED) is 0.517. The molecule has 4 rings (SSSR count). The predicted molar refractivity (Wildman–Crippen MR) is 95.9 cm³/mol. The van der Waals surface area contributed by atoms with Crippen molar-refractivity contribution < 1.29 is 4.79 Å². The second kappa shape index (κ2) is 6.05. The first-order valence-corrected chi connectivity index (χ1v) is 7.83. The lowest BCUT2D eigenvalue weighted by Gasteiger charge is -2.04. The van der Waals surface area contributed by atoms with Crippen LogP contribution in [0, 0.1) is 0 Å². The van der Waals surface area contributed by atoms with Crippen molar-refractivity contribution in [1.29, 1.82) is 0 Å². The molecule has 2 aromatic heterocycles. The number of nitrogens with one attached hydrogen (secondary N) is 2. The summed E-state index contributed by atoms with van der Waals surface area (Å²) in [4.78, 5) is 19.0. The van der Waals surface area contributed by atoms with Gasteiger partial charge in [-0.25, -0.2) is 0 Å². The third-order valence-electron chi connectivity index (χ3n) is 4.11. The molecule has 0 unspecified atom stereocenters. The summed E-state index contributed by atoms with van der Waals surface area (Å²) in [5.74, 6) is 0.0334. The Morgan fingerprint density at radius 3 is 1.33 bits per heavy atom. The number of aromatic amines is 2. The Balaban J connectivity index is 1.57. The van der Waals surface area contributed by atoms with Gasteiger partial charge in [0.25, 0.3) is 0 Å². The molecule has 0 aliphatic rings. The molecule has 2 heterocycles. The van der Waals surface area contributed by atoms with E-state index >= 15 is 0 Å². The molecule has 3 heteroatoms. The van der Waals surface area contributed by atoms with Gasteiger partial charge >= 0.3 is 0 Å². The summed E-state index contributed by atoms with van der Waals surface area (Å²) in [6.07, 6.45) is 3.78. The first-order chi connectivity index (χ1) is 11.8. The molecule has 0 amide bonds. The highest BCUT2D eigenvalue weighted by Gasteiger charge is 2.10. The Morgan fingerprint density at radius 1 is 0.583 bits per heavy atom. The van der Waals surface area contributed by atoms with E-state index in [1.807, 2.05) is 85.2 Å². The van der Waals surface area contributed by atoms with Crippen molar-refractivity contribution >= 4 is 5.78 Å². The number of benzene rings is 2. The maximum atomic E-state index is 12.6. The normalized spacial score (nSPS) is 10.7. The second-order valence-electron chi connectivity index (χ2n) is 5.65. The fourth-order valence-electron chi connectivity index (χ4n) is 2.79. The standard InChI is InChI=1S/C21H16N2O/c24-21(17-9-5-15(6-10-17)19-3-1-13-22-19)18-11-7-16(8-12-18)20-4-2-14-23-20/h1-14,22-23H. The zero-order valence-electron chi connectivity index (χ0n) is 13.0. The molecular formula is C21H16N2O. The van der Waals surface area contributed by atoms with Gasteiger partial charge in [0.1, 0.15) is 0 Å². The molecule has 0 aliphatic heterocycles. The SMILES string of the molecule is O=C(c1ccc(-c2ccc[nH]2)cc1)c1ccc(-c2ccc[nH]2)cc1. The van der Waals surface area contributed by atoms with Gasteiger partial charge in [-0.2, -0.15) is 0 Å². The lowest BCUT2D eigenvalue weighted by Crippen LogP contribution is -2.00. The van der Waals surface area contributed by atoms with Gasteiger partial charge < -0.3 is 9.97 Å². The lowest BCUT2D eigenvalue weighted by atomic mass is 10.00. The number of hydrogen-bond donors (Lipinski definition) is 2. The molecule has 116 valence electrons. The van der Waals surface area contributed by atoms with Crippen LogP contribution in [-0.2, 0) is 0 Å². The smallest absolute Gasteiger partial charge is 0.193 e. The van der Waals surface area contributed by atoms with Crippen molar-refractivity contribution in [2.75, 3.05) is 0 Å². The highest BCUT2D eigenvalue weighted by atomic mass is 16.1. The lowest BCUT2D eigenvalue weighted by molar-refractivity contribution is 0.103. The number of H-pyrrole nitrogens is 2. The molecule has 0 atom stereocenters. The molecule has 0 spiro atoms. The van der Waals surface area contributed by atoms with Gasteiger partial charge in [0, 0.05) is 34.9 Å². The highest BCUT2D eigenvalue weighted by molar-refractivity contribution is 6.09. The molecule has 0 saturated carbocycles. The minimum Gasteiger partial charge on any atom is -0.361 e. The maximum absolute atomic E-state index is 12.6. The minimum absolute atomic E-state index is 0.0334. The third-order valence-corrected chi connectivity index (χ3v) is 4.11. The topological polar surface area (TPSA) is 48.6 Å². The van der Waals surface area contributed by atoms with Crippen molar-refractivity contribution in [3.05, 3.63) is 96.3 Å². The number of hydrogen-bond acceptors (Lipinski definition) is 1. The highest BCUT2D eigenvalue weighted by Crippen LogP contribution is 2.21. The molecule has 2 N–H and O–H groups in total. The Bertz CT molecular complexity index is 853. The van der Waals surface area contributed by atoms with Crippen LogP contribution in [-0.4, -0.2) is 15.8 Å².